The number of amides is 1. The summed E-state index contributed by atoms with van der Waals surface area (Å²) in [5.41, 5.74) is 0.807. The summed E-state index contributed by atoms with van der Waals surface area (Å²) in [5, 5.41) is 3.48. The van der Waals surface area contributed by atoms with Crippen molar-refractivity contribution >= 4 is 39.4 Å². The summed E-state index contributed by atoms with van der Waals surface area (Å²) < 4.78 is 30.6. The van der Waals surface area contributed by atoms with Crippen molar-refractivity contribution in [3.05, 3.63) is 23.8 Å². The van der Waals surface area contributed by atoms with Crippen LogP contribution in [0.4, 0.5) is 5.69 Å². The first-order chi connectivity index (χ1) is 13.8. The Hall–Kier alpha value is -2.00. The number of benzene rings is 1. The second-order valence-electron chi connectivity index (χ2n) is 6.79. The number of carbonyl (C=O) groups excluding carboxylic acids is 1. The van der Waals surface area contributed by atoms with Gasteiger partial charge in [0.15, 0.2) is 5.11 Å². The van der Waals surface area contributed by atoms with Crippen molar-refractivity contribution in [2.45, 2.75) is 65.3 Å². The van der Waals surface area contributed by atoms with Gasteiger partial charge in [-0.05, 0) is 50.2 Å². The fourth-order valence-corrected chi connectivity index (χ4v) is 3.78. The van der Waals surface area contributed by atoms with Gasteiger partial charge in [0.25, 0.3) is 0 Å². The van der Waals surface area contributed by atoms with Crippen LogP contribution in [0.1, 0.15) is 58.4 Å². The van der Waals surface area contributed by atoms with Crippen LogP contribution < -0.4 is 10.1 Å². The molecule has 0 radical (unpaired) electrons. The van der Waals surface area contributed by atoms with Crippen LogP contribution >= 0.6 is 12.2 Å². The van der Waals surface area contributed by atoms with Gasteiger partial charge >= 0.3 is 10.5 Å². The lowest BCUT2D eigenvalue weighted by atomic mass is 10.1. The van der Waals surface area contributed by atoms with E-state index in [0.717, 1.165) is 25.7 Å². The standard InChI is InChI=1S/C20H31N3O4S2/c1-5-7-8-9-10-15(3)23(20(28)21-6-2)19(24)14-16-11-12-18(27-4)17(13-16)22-29(25)26/h11-13,15H,5-10,14H2,1-4H3,(H,21,28). The normalized spacial score (nSPS) is 11.4. The first kappa shape index (κ1) is 25.0. The molecule has 0 bridgehead atoms. The van der Waals surface area contributed by atoms with Crippen molar-refractivity contribution in [2.24, 2.45) is 4.36 Å². The molecule has 0 aliphatic heterocycles. The van der Waals surface area contributed by atoms with Crippen LogP contribution in [0.2, 0.25) is 0 Å². The fourth-order valence-electron chi connectivity index (χ4n) is 3.05. The summed E-state index contributed by atoms with van der Waals surface area (Å²) in [4.78, 5) is 14.7. The minimum Gasteiger partial charge on any atom is -0.494 e. The van der Waals surface area contributed by atoms with Crippen LogP contribution in [0.3, 0.4) is 0 Å². The number of thiocarbonyl (C=S) groups is 1. The van der Waals surface area contributed by atoms with Gasteiger partial charge < -0.3 is 10.1 Å². The van der Waals surface area contributed by atoms with Gasteiger partial charge in [-0.25, -0.2) is 0 Å². The van der Waals surface area contributed by atoms with E-state index in [1.807, 2.05) is 13.8 Å². The van der Waals surface area contributed by atoms with E-state index >= 15 is 0 Å². The lowest BCUT2D eigenvalue weighted by molar-refractivity contribution is -0.128. The van der Waals surface area contributed by atoms with Gasteiger partial charge in [0.05, 0.1) is 13.5 Å². The van der Waals surface area contributed by atoms with E-state index in [1.165, 1.54) is 13.5 Å². The third-order valence-corrected chi connectivity index (χ3v) is 5.19. The number of nitrogens with one attached hydrogen (secondary N) is 1. The molecule has 0 aliphatic carbocycles. The first-order valence-electron chi connectivity index (χ1n) is 9.91. The SMILES string of the molecule is CCCCCCC(C)N(C(=O)Cc1ccc(OC)c(N=S(=O)=O)c1)C(=S)NCC. The highest BCUT2D eigenvalue weighted by Crippen LogP contribution is 2.28. The molecule has 0 saturated heterocycles. The number of ether oxygens (including phenoxy) is 1. The average molecular weight is 442 g/mol. The number of unbranched alkanes of at least 4 members (excludes halogenated alkanes) is 3. The number of methoxy groups -OCH3 is 1. The third kappa shape index (κ3) is 8.49. The second-order valence-corrected chi connectivity index (χ2v) is 7.79. The Kier molecular flexibility index (Phi) is 11.5. The zero-order valence-electron chi connectivity index (χ0n) is 17.6. The molecule has 1 rings (SSSR count). The van der Waals surface area contributed by atoms with Crippen molar-refractivity contribution in [3.8, 4) is 5.75 Å². The predicted molar refractivity (Wildman–Crippen MR) is 119 cm³/mol. The number of hydrogen-bond donors (Lipinski definition) is 1. The van der Waals surface area contributed by atoms with Gasteiger partial charge in [0, 0.05) is 12.6 Å². The Morgan fingerprint density at radius 2 is 2.00 bits per heavy atom. The quantitative estimate of drug-likeness (QED) is 0.412. The molecule has 0 fully saturated rings. The summed E-state index contributed by atoms with van der Waals surface area (Å²) in [7, 11) is -1.18. The molecule has 0 aromatic heterocycles. The largest absolute Gasteiger partial charge is 0.494 e. The number of rotatable bonds is 11. The summed E-state index contributed by atoms with van der Waals surface area (Å²) in [5.74, 6) is 0.188. The monoisotopic (exact) mass is 441 g/mol. The Bertz CT molecular complexity index is 817. The summed E-state index contributed by atoms with van der Waals surface area (Å²) in [6, 6.07) is 4.86. The van der Waals surface area contributed by atoms with Crippen LogP contribution in [-0.4, -0.2) is 44.0 Å². The van der Waals surface area contributed by atoms with E-state index in [4.69, 9.17) is 17.0 Å². The topological polar surface area (TPSA) is 88.1 Å². The van der Waals surface area contributed by atoms with Crippen molar-refractivity contribution < 1.29 is 17.9 Å². The van der Waals surface area contributed by atoms with Gasteiger partial charge in [-0.15, -0.1) is 4.36 Å². The van der Waals surface area contributed by atoms with Crippen LogP contribution in [0.5, 0.6) is 5.75 Å². The Labute approximate surface area is 180 Å². The second kappa shape index (κ2) is 13.3. The molecule has 0 heterocycles. The molecular weight excluding hydrogens is 410 g/mol. The molecule has 29 heavy (non-hydrogen) atoms. The number of hydrogen-bond acceptors (Lipinski definition) is 6. The summed E-state index contributed by atoms with van der Waals surface area (Å²) >= 11 is 5.44. The summed E-state index contributed by atoms with van der Waals surface area (Å²) in [6.07, 6.45) is 5.46. The van der Waals surface area contributed by atoms with Crippen LogP contribution in [-0.2, 0) is 21.7 Å². The van der Waals surface area contributed by atoms with Crippen molar-refractivity contribution in [2.75, 3.05) is 13.7 Å². The van der Waals surface area contributed by atoms with Crippen LogP contribution in [0.15, 0.2) is 22.6 Å². The molecule has 1 amide bonds. The molecule has 0 aliphatic rings. The Balaban J connectivity index is 3.01. The molecule has 1 aromatic carbocycles. The van der Waals surface area contributed by atoms with E-state index in [1.54, 1.807) is 23.1 Å². The van der Waals surface area contributed by atoms with Crippen molar-refractivity contribution in [3.63, 3.8) is 0 Å². The van der Waals surface area contributed by atoms with Gasteiger partial charge in [-0.1, -0.05) is 38.7 Å². The third-order valence-electron chi connectivity index (χ3n) is 4.50. The maximum absolute atomic E-state index is 13.1. The van der Waals surface area contributed by atoms with Crippen LogP contribution in [0, 0.1) is 0 Å². The number of nitrogens with zero attached hydrogens (tertiary/aromatic N) is 2. The van der Waals surface area contributed by atoms with Gasteiger partial charge in [0.1, 0.15) is 11.4 Å². The fraction of sp³-hybridized carbons (Fsp3) is 0.600. The van der Waals surface area contributed by atoms with Gasteiger partial charge in [-0.3, -0.25) is 9.69 Å². The average Bonchev–Trinajstić information content (AvgIpc) is 2.65. The zero-order chi connectivity index (χ0) is 21.8. The van der Waals surface area contributed by atoms with E-state index in [-0.39, 0.29) is 24.1 Å². The van der Waals surface area contributed by atoms with Crippen molar-refractivity contribution in [1.82, 2.24) is 10.2 Å². The van der Waals surface area contributed by atoms with E-state index in [9.17, 15) is 13.2 Å². The molecule has 0 saturated carbocycles. The summed E-state index contributed by atoms with van der Waals surface area (Å²) in [6.45, 7) is 6.73. The molecule has 1 atom stereocenters. The molecule has 7 nitrogen and oxygen atoms in total. The van der Waals surface area contributed by atoms with E-state index in [0.29, 0.717) is 23.0 Å². The number of carbonyl (C=O) groups is 1. The Morgan fingerprint density at radius 1 is 1.28 bits per heavy atom. The maximum Gasteiger partial charge on any atom is 0.316 e. The first-order valence-corrected chi connectivity index (χ1v) is 11.4. The molecule has 9 heteroatoms. The highest BCUT2D eigenvalue weighted by atomic mass is 32.2. The molecule has 1 unspecified atom stereocenters. The highest BCUT2D eigenvalue weighted by molar-refractivity contribution is 7.80. The smallest absolute Gasteiger partial charge is 0.316 e. The minimum atomic E-state index is -2.61. The molecule has 162 valence electrons. The lowest BCUT2D eigenvalue weighted by Gasteiger charge is -2.30. The lowest BCUT2D eigenvalue weighted by Crippen LogP contribution is -2.49. The maximum atomic E-state index is 13.1. The molecule has 0 spiro atoms. The van der Waals surface area contributed by atoms with Gasteiger partial charge in [0.2, 0.25) is 5.91 Å². The van der Waals surface area contributed by atoms with E-state index in [2.05, 4.69) is 16.6 Å². The van der Waals surface area contributed by atoms with Gasteiger partial charge in [-0.2, -0.15) is 8.42 Å². The molecule has 1 aromatic rings. The molecular formula is C20H31N3O4S2. The van der Waals surface area contributed by atoms with E-state index < -0.39 is 10.5 Å². The zero-order valence-corrected chi connectivity index (χ0v) is 19.2. The predicted octanol–water partition coefficient (Wildman–Crippen LogP) is 4.01. The molecule has 1 N–H and O–H groups in total. The Morgan fingerprint density at radius 3 is 2.59 bits per heavy atom. The van der Waals surface area contributed by atoms with Crippen LogP contribution in [0.25, 0.3) is 0 Å². The highest BCUT2D eigenvalue weighted by Gasteiger charge is 2.24. The minimum absolute atomic E-state index is 0.0255. The van der Waals surface area contributed by atoms with Crippen molar-refractivity contribution in [1.29, 1.82) is 0 Å².